The Balaban J connectivity index is 1.69. The highest BCUT2D eigenvalue weighted by molar-refractivity contribution is 4.96. The highest BCUT2D eigenvalue weighted by atomic mass is 16.5. The zero-order valence-corrected chi connectivity index (χ0v) is 9.87. The molecule has 2 aliphatic rings. The largest absolute Gasteiger partial charge is 0.381 e. The summed E-state index contributed by atoms with van der Waals surface area (Å²) >= 11 is 0. The van der Waals surface area contributed by atoms with Gasteiger partial charge in [0.15, 0.2) is 0 Å². The van der Waals surface area contributed by atoms with Crippen LogP contribution in [0.5, 0.6) is 0 Å². The Morgan fingerprint density at radius 3 is 2.80 bits per heavy atom. The fraction of sp³-hybridized carbons (Fsp3) is 1.00. The van der Waals surface area contributed by atoms with Crippen molar-refractivity contribution in [2.24, 2.45) is 17.1 Å². The molecule has 1 unspecified atom stereocenters. The summed E-state index contributed by atoms with van der Waals surface area (Å²) in [5.74, 6) is 0.748. The smallest absolute Gasteiger partial charge is 0.0506 e. The lowest BCUT2D eigenvalue weighted by Gasteiger charge is -2.29. The standard InChI is InChI=1S/C12H24N2O/c1-14(10-12(9-13)4-5-12)7-11-3-2-6-15-8-11/h11H,2-10,13H2,1H3. The van der Waals surface area contributed by atoms with Gasteiger partial charge in [-0.15, -0.1) is 0 Å². The van der Waals surface area contributed by atoms with Crippen LogP contribution in [0.25, 0.3) is 0 Å². The fourth-order valence-electron chi connectivity index (χ4n) is 2.63. The molecule has 1 heterocycles. The van der Waals surface area contributed by atoms with Gasteiger partial charge in [-0.2, -0.15) is 0 Å². The molecule has 2 N–H and O–H groups in total. The summed E-state index contributed by atoms with van der Waals surface area (Å²) in [5, 5.41) is 0. The van der Waals surface area contributed by atoms with Crippen LogP contribution < -0.4 is 5.73 Å². The average molecular weight is 212 g/mol. The summed E-state index contributed by atoms with van der Waals surface area (Å²) in [6.45, 7) is 5.15. The van der Waals surface area contributed by atoms with Crippen LogP contribution in [0.15, 0.2) is 0 Å². The molecule has 1 aliphatic carbocycles. The van der Waals surface area contributed by atoms with Gasteiger partial charge in [0.2, 0.25) is 0 Å². The van der Waals surface area contributed by atoms with E-state index in [1.54, 1.807) is 0 Å². The number of rotatable bonds is 5. The molecule has 2 fully saturated rings. The first-order valence-electron chi connectivity index (χ1n) is 6.20. The summed E-state index contributed by atoms with van der Waals surface area (Å²) in [6, 6.07) is 0. The van der Waals surface area contributed by atoms with Gasteiger partial charge in [-0.1, -0.05) is 0 Å². The molecule has 88 valence electrons. The monoisotopic (exact) mass is 212 g/mol. The second-order valence-corrected chi connectivity index (χ2v) is 5.48. The van der Waals surface area contributed by atoms with Crippen molar-refractivity contribution in [1.29, 1.82) is 0 Å². The number of hydrogen-bond acceptors (Lipinski definition) is 3. The molecular weight excluding hydrogens is 188 g/mol. The molecule has 0 spiro atoms. The minimum Gasteiger partial charge on any atom is -0.381 e. The number of hydrogen-bond donors (Lipinski definition) is 1. The molecule has 3 nitrogen and oxygen atoms in total. The molecule has 0 radical (unpaired) electrons. The highest BCUT2D eigenvalue weighted by Gasteiger charge is 2.41. The van der Waals surface area contributed by atoms with Gasteiger partial charge in [0.05, 0.1) is 6.61 Å². The lowest BCUT2D eigenvalue weighted by Crippen LogP contribution is -2.36. The van der Waals surface area contributed by atoms with E-state index in [4.69, 9.17) is 10.5 Å². The first-order chi connectivity index (χ1) is 7.24. The molecule has 0 bridgehead atoms. The van der Waals surface area contributed by atoms with Crippen molar-refractivity contribution in [3.8, 4) is 0 Å². The average Bonchev–Trinajstić information content (AvgIpc) is 3.00. The molecular formula is C12H24N2O. The van der Waals surface area contributed by atoms with Gasteiger partial charge in [-0.25, -0.2) is 0 Å². The van der Waals surface area contributed by atoms with E-state index in [-0.39, 0.29) is 0 Å². The number of nitrogens with zero attached hydrogens (tertiary/aromatic N) is 1. The van der Waals surface area contributed by atoms with Crippen molar-refractivity contribution in [3.05, 3.63) is 0 Å². The second kappa shape index (κ2) is 4.81. The summed E-state index contributed by atoms with van der Waals surface area (Å²) < 4.78 is 5.50. The molecule has 0 aromatic heterocycles. The molecule has 3 heteroatoms. The Kier molecular flexibility index (Phi) is 3.65. The van der Waals surface area contributed by atoms with E-state index < -0.39 is 0 Å². The molecule has 1 atom stereocenters. The lowest BCUT2D eigenvalue weighted by molar-refractivity contribution is 0.0397. The van der Waals surface area contributed by atoms with Crippen LogP contribution in [0.3, 0.4) is 0 Å². The third-order valence-corrected chi connectivity index (χ3v) is 3.82. The third-order valence-electron chi connectivity index (χ3n) is 3.82. The summed E-state index contributed by atoms with van der Waals surface area (Å²) in [6.07, 6.45) is 5.23. The second-order valence-electron chi connectivity index (χ2n) is 5.48. The van der Waals surface area contributed by atoms with Crippen LogP contribution in [0.4, 0.5) is 0 Å². The Morgan fingerprint density at radius 2 is 2.27 bits per heavy atom. The Bertz CT molecular complexity index is 198. The lowest BCUT2D eigenvalue weighted by atomic mass is 10.0. The maximum atomic E-state index is 5.80. The van der Waals surface area contributed by atoms with Crippen LogP contribution in [0, 0.1) is 11.3 Å². The van der Waals surface area contributed by atoms with E-state index in [1.165, 1.54) is 38.8 Å². The van der Waals surface area contributed by atoms with Crippen molar-refractivity contribution in [2.75, 3.05) is 39.9 Å². The van der Waals surface area contributed by atoms with Crippen LogP contribution in [0.1, 0.15) is 25.7 Å². The van der Waals surface area contributed by atoms with Crippen molar-refractivity contribution in [1.82, 2.24) is 4.90 Å². The first kappa shape index (κ1) is 11.4. The van der Waals surface area contributed by atoms with Gasteiger partial charge in [0, 0.05) is 19.7 Å². The molecule has 1 aliphatic heterocycles. The zero-order chi connectivity index (χ0) is 10.7. The van der Waals surface area contributed by atoms with E-state index in [9.17, 15) is 0 Å². The van der Waals surface area contributed by atoms with Crippen molar-refractivity contribution >= 4 is 0 Å². The minimum atomic E-state index is 0.476. The van der Waals surface area contributed by atoms with E-state index in [0.29, 0.717) is 5.41 Å². The normalized spacial score (nSPS) is 29.4. The van der Waals surface area contributed by atoms with Crippen LogP contribution in [0.2, 0.25) is 0 Å². The van der Waals surface area contributed by atoms with E-state index >= 15 is 0 Å². The maximum Gasteiger partial charge on any atom is 0.0506 e. The molecule has 1 saturated heterocycles. The van der Waals surface area contributed by atoms with Gasteiger partial charge < -0.3 is 15.4 Å². The molecule has 15 heavy (non-hydrogen) atoms. The zero-order valence-electron chi connectivity index (χ0n) is 9.87. The van der Waals surface area contributed by atoms with Crippen molar-refractivity contribution in [3.63, 3.8) is 0 Å². The molecule has 1 saturated carbocycles. The van der Waals surface area contributed by atoms with Gasteiger partial charge in [-0.3, -0.25) is 0 Å². The van der Waals surface area contributed by atoms with E-state index in [1.807, 2.05) is 0 Å². The van der Waals surface area contributed by atoms with Gasteiger partial charge in [0.25, 0.3) is 0 Å². The fourth-order valence-corrected chi connectivity index (χ4v) is 2.63. The number of ether oxygens (including phenoxy) is 1. The predicted octanol–water partition coefficient (Wildman–Crippen LogP) is 1.08. The quantitative estimate of drug-likeness (QED) is 0.741. The molecule has 0 amide bonds. The Morgan fingerprint density at radius 1 is 1.47 bits per heavy atom. The first-order valence-corrected chi connectivity index (χ1v) is 6.20. The van der Waals surface area contributed by atoms with Gasteiger partial charge in [0.1, 0.15) is 0 Å². The van der Waals surface area contributed by atoms with Crippen LogP contribution in [-0.4, -0.2) is 44.8 Å². The number of nitrogens with two attached hydrogens (primary N) is 1. The highest BCUT2D eigenvalue weighted by Crippen LogP contribution is 2.44. The van der Waals surface area contributed by atoms with Crippen molar-refractivity contribution < 1.29 is 4.74 Å². The Hall–Kier alpha value is -0.120. The summed E-state index contributed by atoms with van der Waals surface area (Å²) in [7, 11) is 2.23. The Labute approximate surface area is 93.0 Å². The third kappa shape index (κ3) is 3.16. The molecule has 2 rings (SSSR count). The van der Waals surface area contributed by atoms with E-state index in [0.717, 1.165) is 25.7 Å². The van der Waals surface area contributed by atoms with Crippen LogP contribution >= 0.6 is 0 Å². The molecule has 0 aromatic rings. The predicted molar refractivity (Wildman–Crippen MR) is 61.8 cm³/mol. The van der Waals surface area contributed by atoms with Gasteiger partial charge in [-0.05, 0) is 50.6 Å². The topological polar surface area (TPSA) is 38.5 Å². The SMILES string of the molecule is CN(CC1CCCOC1)CC1(CN)CC1. The maximum absolute atomic E-state index is 5.80. The van der Waals surface area contributed by atoms with Gasteiger partial charge >= 0.3 is 0 Å². The summed E-state index contributed by atoms with van der Waals surface area (Å²) in [5.41, 5.74) is 6.28. The van der Waals surface area contributed by atoms with Crippen molar-refractivity contribution in [2.45, 2.75) is 25.7 Å². The molecule has 0 aromatic carbocycles. The van der Waals surface area contributed by atoms with Crippen LogP contribution in [-0.2, 0) is 4.74 Å². The minimum absolute atomic E-state index is 0.476. The van der Waals surface area contributed by atoms with E-state index in [2.05, 4.69) is 11.9 Å². The summed E-state index contributed by atoms with van der Waals surface area (Å²) in [4.78, 5) is 2.46.